The second-order valence-electron chi connectivity index (χ2n) is 6.65. The van der Waals surface area contributed by atoms with Crippen molar-refractivity contribution in [2.24, 2.45) is 0 Å². The number of nitrogens with zero attached hydrogens (tertiary/aromatic N) is 1. The number of hydrogen-bond acceptors (Lipinski definition) is 6. The van der Waals surface area contributed by atoms with Gasteiger partial charge in [-0.3, -0.25) is 9.59 Å². The molecule has 29 heavy (non-hydrogen) atoms. The quantitative estimate of drug-likeness (QED) is 0.787. The van der Waals surface area contributed by atoms with Gasteiger partial charge in [0.05, 0.1) is 19.1 Å². The number of aromatic hydroxyl groups is 1. The van der Waals surface area contributed by atoms with Gasteiger partial charge in [0, 0.05) is 32.7 Å². The lowest BCUT2D eigenvalue weighted by atomic mass is 9.91. The predicted octanol–water partition coefficient (Wildman–Crippen LogP) is 2.15. The van der Waals surface area contributed by atoms with Crippen molar-refractivity contribution in [1.82, 2.24) is 4.90 Å². The van der Waals surface area contributed by atoms with Gasteiger partial charge in [0.15, 0.2) is 17.4 Å². The molecule has 1 aromatic carbocycles. The molecule has 1 saturated heterocycles. The predicted molar refractivity (Wildman–Crippen MR) is 97.6 cm³/mol. The molecule has 1 unspecified atom stereocenters. The highest BCUT2D eigenvalue weighted by Crippen LogP contribution is 2.34. The third-order valence-corrected chi connectivity index (χ3v) is 4.69. The van der Waals surface area contributed by atoms with Crippen molar-refractivity contribution in [2.75, 3.05) is 33.4 Å². The van der Waals surface area contributed by atoms with Crippen molar-refractivity contribution in [3.05, 3.63) is 63.2 Å². The number of amides is 1. The van der Waals surface area contributed by atoms with Crippen molar-refractivity contribution in [1.29, 1.82) is 0 Å². The van der Waals surface area contributed by atoms with Crippen LogP contribution < -0.4 is 5.43 Å². The van der Waals surface area contributed by atoms with Crippen molar-refractivity contribution in [2.45, 2.75) is 18.9 Å². The highest BCUT2D eigenvalue weighted by molar-refractivity contribution is 5.78. The first-order chi connectivity index (χ1) is 13.9. The molecule has 1 aromatic heterocycles. The van der Waals surface area contributed by atoms with Gasteiger partial charge in [0.2, 0.25) is 17.1 Å². The number of methoxy groups -OCH3 is 1. The van der Waals surface area contributed by atoms with Crippen molar-refractivity contribution in [3.63, 3.8) is 0 Å². The lowest BCUT2D eigenvalue weighted by Crippen LogP contribution is -2.41. The molecule has 156 valence electrons. The van der Waals surface area contributed by atoms with Crippen molar-refractivity contribution < 1.29 is 32.6 Å². The van der Waals surface area contributed by atoms with Crippen molar-refractivity contribution in [3.8, 4) is 5.75 Å². The molecule has 0 saturated carbocycles. The molecule has 1 atom stereocenters. The Morgan fingerprint density at radius 1 is 1.24 bits per heavy atom. The van der Waals surface area contributed by atoms with Crippen molar-refractivity contribution >= 4 is 5.91 Å². The minimum absolute atomic E-state index is 0.0373. The third kappa shape index (κ3) is 4.80. The van der Waals surface area contributed by atoms with Crippen LogP contribution in [-0.2, 0) is 20.9 Å². The standard InChI is InChI=1S/C20H21F2NO6/c1-27-11-13-9-17(24)19(26)20(29-13)14(12-2-3-15(21)16(22)8-12)10-18(25)23-4-6-28-7-5-23/h2-3,8-9,14,26H,4-7,10-11H2,1H3. The number of ether oxygens (including phenoxy) is 2. The molecule has 0 radical (unpaired) electrons. The summed E-state index contributed by atoms with van der Waals surface area (Å²) >= 11 is 0. The topological polar surface area (TPSA) is 89.2 Å². The highest BCUT2D eigenvalue weighted by Gasteiger charge is 2.29. The Morgan fingerprint density at radius 3 is 2.62 bits per heavy atom. The van der Waals surface area contributed by atoms with Gasteiger partial charge in [0.1, 0.15) is 12.4 Å². The van der Waals surface area contributed by atoms with E-state index < -0.39 is 28.7 Å². The molecule has 9 heteroatoms. The second kappa shape index (κ2) is 9.15. The average Bonchev–Trinajstić information content (AvgIpc) is 2.72. The van der Waals surface area contributed by atoms with Crippen LogP contribution in [0.3, 0.4) is 0 Å². The van der Waals surface area contributed by atoms with Gasteiger partial charge in [-0.25, -0.2) is 8.78 Å². The Hall–Kier alpha value is -2.78. The zero-order valence-electron chi connectivity index (χ0n) is 15.8. The molecular formula is C20H21F2NO6. The first-order valence-corrected chi connectivity index (χ1v) is 9.06. The molecule has 1 aliphatic rings. The fourth-order valence-corrected chi connectivity index (χ4v) is 3.21. The minimum Gasteiger partial charge on any atom is -0.502 e. The van der Waals surface area contributed by atoms with Crippen LogP contribution in [0, 0.1) is 11.6 Å². The molecular weight excluding hydrogens is 388 g/mol. The third-order valence-electron chi connectivity index (χ3n) is 4.69. The van der Waals surface area contributed by atoms with E-state index in [2.05, 4.69) is 0 Å². The molecule has 1 amide bonds. The summed E-state index contributed by atoms with van der Waals surface area (Å²) in [5.41, 5.74) is -0.525. The maximum Gasteiger partial charge on any atom is 0.227 e. The smallest absolute Gasteiger partial charge is 0.227 e. The van der Waals surface area contributed by atoms with Crippen LogP contribution in [0.1, 0.15) is 29.4 Å². The molecule has 0 aliphatic carbocycles. The Balaban J connectivity index is 2.04. The molecule has 0 bridgehead atoms. The molecule has 1 aliphatic heterocycles. The van der Waals surface area contributed by atoms with Crippen LogP contribution >= 0.6 is 0 Å². The van der Waals surface area contributed by atoms with E-state index in [1.807, 2.05) is 0 Å². The maximum absolute atomic E-state index is 13.9. The van der Waals surface area contributed by atoms with E-state index in [1.54, 1.807) is 4.90 Å². The average molecular weight is 409 g/mol. The second-order valence-corrected chi connectivity index (χ2v) is 6.65. The molecule has 3 rings (SSSR count). The molecule has 2 aromatic rings. The minimum atomic E-state index is -1.11. The first kappa shape index (κ1) is 20.9. The number of hydrogen-bond donors (Lipinski definition) is 1. The van der Waals surface area contributed by atoms with E-state index in [-0.39, 0.29) is 36.0 Å². The summed E-state index contributed by atoms with van der Waals surface area (Å²) in [7, 11) is 1.40. The van der Waals surface area contributed by atoms with Crippen LogP contribution in [0.15, 0.2) is 33.5 Å². The van der Waals surface area contributed by atoms with E-state index in [9.17, 15) is 23.5 Å². The normalized spacial score (nSPS) is 15.3. The Morgan fingerprint density at radius 2 is 1.97 bits per heavy atom. The van der Waals surface area contributed by atoms with Crippen LogP contribution in [0.2, 0.25) is 0 Å². The van der Waals surface area contributed by atoms with E-state index in [0.717, 1.165) is 18.2 Å². The lowest BCUT2D eigenvalue weighted by molar-refractivity contribution is -0.135. The first-order valence-electron chi connectivity index (χ1n) is 9.06. The summed E-state index contributed by atoms with van der Waals surface area (Å²) in [6.45, 7) is 1.53. The number of halogens is 2. The van der Waals surface area contributed by atoms with E-state index >= 15 is 0 Å². The van der Waals surface area contributed by atoms with E-state index in [4.69, 9.17) is 13.9 Å². The van der Waals surface area contributed by atoms with Gasteiger partial charge in [-0.2, -0.15) is 0 Å². The van der Waals surface area contributed by atoms with Crippen LogP contribution in [0.5, 0.6) is 5.75 Å². The number of carbonyl (C=O) groups is 1. The summed E-state index contributed by atoms with van der Waals surface area (Å²) in [6.07, 6.45) is -0.210. The van der Waals surface area contributed by atoms with Crippen LogP contribution in [0.25, 0.3) is 0 Å². The Kier molecular flexibility index (Phi) is 6.60. The Bertz CT molecular complexity index is 939. The number of benzene rings is 1. The zero-order chi connectivity index (χ0) is 21.0. The summed E-state index contributed by atoms with van der Waals surface area (Å²) < 4.78 is 43.1. The number of carbonyl (C=O) groups excluding carboxylic acids is 1. The SMILES string of the molecule is COCc1cc(=O)c(O)c(C(CC(=O)N2CCOCC2)c2ccc(F)c(F)c2)o1. The van der Waals surface area contributed by atoms with Gasteiger partial charge in [-0.05, 0) is 17.7 Å². The summed E-state index contributed by atoms with van der Waals surface area (Å²) in [4.78, 5) is 26.5. The monoisotopic (exact) mass is 409 g/mol. The largest absolute Gasteiger partial charge is 0.502 e. The fraction of sp³-hybridized carbons (Fsp3) is 0.400. The van der Waals surface area contributed by atoms with Gasteiger partial charge < -0.3 is 23.9 Å². The summed E-state index contributed by atoms with van der Waals surface area (Å²) in [6, 6.07) is 4.21. The van der Waals surface area contributed by atoms with Gasteiger partial charge in [-0.1, -0.05) is 6.07 Å². The van der Waals surface area contributed by atoms with Gasteiger partial charge in [0.25, 0.3) is 0 Å². The zero-order valence-corrected chi connectivity index (χ0v) is 15.8. The molecule has 2 heterocycles. The lowest BCUT2D eigenvalue weighted by Gasteiger charge is -2.28. The summed E-state index contributed by atoms with van der Waals surface area (Å²) in [5.74, 6) is -4.19. The van der Waals surface area contributed by atoms with Crippen LogP contribution in [0.4, 0.5) is 8.78 Å². The molecule has 1 fully saturated rings. The number of rotatable bonds is 6. The molecule has 1 N–H and O–H groups in total. The number of morpholine rings is 1. The van der Waals surface area contributed by atoms with Gasteiger partial charge in [-0.15, -0.1) is 0 Å². The maximum atomic E-state index is 13.9. The highest BCUT2D eigenvalue weighted by atomic mass is 19.2. The molecule has 0 spiro atoms. The van der Waals surface area contributed by atoms with Gasteiger partial charge >= 0.3 is 0 Å². The van der Waals surface area contributed by atoms with Crippen LogP contribution in [-0.4, -0.2) is 49.3 Å². The molecule has 7 nitrogen and oxygen atoms in total. The van der Waals surface area contributed by atoms with E-state index in [1.165, 1.54) is 13.2 Å². The summed E-state index contributed by atoms with van der Waals surface area (Å²) in [5, 5.41) is 10.3. The van der Waals surface area contributed by atoms with E-state index in [0.29, 0.717) is 26.3 Å². The Labute approximate surface area is 165 Å². The fourth-order valence-electron chi connectivity index (χ4n) is 3.21.